The lowest BCUT2D eigenvalue weighted by Gasteiger charge is -2.05. The summed E-state index contributed by atoms with van der Waals surface area (Å²) >= 11 is 0. The summed E-state index contributed by atoms with van der Waals surface area (Å²) in [5, 5.41) is 8.53. The van der Waals surface area contributed by atoms with Crippen LogP contribution in [0.3, 0.4) is 0 Å². The molecular weight excluding hydrogens is 204 g/mol. The first-order valence-electron chi connectivity index (χ1n) is 4.76. The Hall–Kier alpha value is -2.21. The van der Waals surface area contributed by atoms with Crippen LogP contribution in [0.2, 0.25) is 0 Å². The predicted molar refractivity (Wildman–Crippen MR) is 62.1 cm³/mol. The third-order valence-electron chi connectivity index (χ3n) is 1.80. The zero-order valence-corrected chi connectivity index (χ0v) is 8.93. The second-order valence-electron chi connectivity index (χ2n) is 2.92. The molecule has 0 atom stereocenters. The van der Waals surface area contributed by atoms with Gasteiger partial charge in [0.05, 0.1) is 0 Å². The molecule has 0 amide bonds. The normalized spacial score (nSPS) is 9.56. The Morgan fingerprint density at radius 2 is 2.25 bits per heavy atom. The fraction of sp³-hybridized carbons (Fsp3) is 0.154. The molecule has 0 radical (unpaired) electrons. The molecule has 16 heavy (non-hydrogen) atoms. The molecule has 1 N–H and O–H groups in total. The fourth-order valence-electron chi connectivity index (χ4n) is 1.10. The van der Waals surface area contributed by atoms with Crippen molar-refractivity contribution in [3.8, 4) is 17.6 Å². The highest BCUT2D eigenvalue weighted by Crippen LogP contribution is 2.19. The molecule has 0 fully saturated rings. The van der Waals surface area contributed by atoms with Gasteiger partial charge in [0.1, 0.15) is 12.4 Å². The van der Waals surface area contributed by atoms with Gasteiger partial charge in [-0.25, -0.2) is 4.79 Å². The average Bonchev–Trinajstić information content (AvgIpc) is 2.28. The smallest absolute Gasteiger partial charge is 0.328 e. The quantitative estimate of drug-likeness (QED) is 0.620. The molecule has 0 heterocycles. The van der Waals surface area contributed by atoms with E-state index < -0.39 is 5.97 Å². The molecule has 0 unspecified atom stereocenters. The molecule has 0 aliphatic heterocycles. The predicted octanol–water partition coefficient (Wildman–Crippen LogP) is 2.19. The molecule has 3 heteroatoms. The largest absolute Gasteiger partial charge is 0.480 e. The Balaban J connectivity index is 2.81. The molecule has 1 aromatic carbocycles. The summed E-state index contributed by atoms with van der Waals surface area (Å²) in [6.07, 6.45) is 2.57. The van der Waals surface area contributed by atoms with E-state index in [1.165, 1.54) is 6.08 Å². The van der Waals surface area contributed by atoms with E-state index in [2.05, 4.69) is 11.8 Å². The van der Waals surface area contributed by atoms with Gasteiger partial charge in [0.15, 0.2) is 0 Å². The standard InChI is InChI=1S/C13H12O3/c1-2-3-10-16-12-7-5-4-6-11(12)8-9-13(14)15/h4-9H,10H2,1H3,(H,14,15). The maximum absolute atomic E-state index is 10.4. The first-order valence-corrected chi connectivity index (χ1v) is 4.76. The van der Waals surface area contributed by atoms with E-state index >= 15 is 0 Å². The van der Waals surface area contributed by atoms with Crippen LogP contribution in [0.1, 0.15) is 12.5 Å². The van der Waals surface area contributed by atoms with Crippen LogP contribution in [0.5, 0.6) is 5.75 Å². The number of ether oxygens (including phenoxy) is 1. The van der Waals surface area contributed by atoms with Gasteiger partial charge in [0.25, 0.3) is 0 Å². The van der Waals surface area contributed by atoms with Crippen LogP contribution in [0.4, 0.5) is 0 Å². The number of carboxylic acids is 1. The zero-order valence-electron chi connectivity index (χ0n) is 8.93. The Bertz CT molecular complexity index is 450. The lowest BCUT2D eigenvalue weighted by atomic mass is 10.2. The first kappa shape index (κ1) is 11.9. The van der Waals surface area contributed by atoms with Crippen molar-refractivity contribution in [2.45, 2.75) is 6.92 Å². The van der Waals surface area contributed by atoms with Crippen LogP contribution >= 0.6 is 0 Å². The van der Waals surface area contributed by atoms with Crippen LogP contribution in [-0.2, 0) is 4.79 Å². The number of carbonyl (C=O) groups is 1. The van der Waals surface area contributed by atoms with E-state index in [0.29, 0.717) is 12.4 Å². The summed E-state index contributed by atoms with van der Waals surface area (Å²) in [7, 11) is 0. The van der Waals surface area contributed by atoms with E-state index in [4.69, 9.17) is 9.84 Å². The average molecular weight is 216 g/mol. The summed E-state index contributed by atoms with van der Waals surface area (Å²) in [5.41, 5.74) is 0.725. The number of aliphatic carboxylic acids is 1. The maximum Gasteiger partial charge on any atom is 0.328 e. The molecule has 0 aromatic heterocycles. The third kappa shape index (κ3) is 3.89. The van der Waals surface area contributed by atoms with Gasteiger partial charge in [0, 0.05) is 11.6 Å². The van der Waals surface area contributed by atoms with E-state index in [1.54, 1.807) is 19.1 Å². The Labute approximate surface area is 94.4 Å². The summed E-state index contributed by atoms with van der Waals surface area (Å²) in [4.78, 5) is 10.4. The van der Waals surface area contributed by atoms with Gasteiger partial charge in [-0.05, 0) is 19.1 Å². The number of hydrogen-bond acceptors (Lipinski definition) is 2. The van der Waals surface area contributed by atoms with Gasteiger partial charge in [-0.1, -0.05) is 24.1 Å². The van der Waals surface area contributed by atoms with E-state index in [-0.39, 0.29) is 0 Å². The highest BCUT2D eigenvalue weighted by atomic mass is 16.5. The van der Waals surface area contributed by atoms with Gasteiger partial charge in [-0.3, -0.25) is 0 Å². The monoisotopic (exact) mass is 216 g/mol. The number of para-hydroxylation sites is 1. The minimum atomic E-state index is -0.983. The Morgan fingerprint density at radius 1 is 1.50 bits per heavy atom. The molecule has 1 aromatic rings. The highest BCUT2D eigenvalue weighted by molar-refractivity contribution is 5.85. The van der Waals surface area contributed by atoms with E-state index in [0.717, 1.165) is 11.6 Å². The molecule has 1 rings (SSSR count). The molecular formula is C13H12O3. The van der Waals surface area contributed by atoms with Crippen molar-refractivity contribution in [3.05, 3.63) is 35.9 Å². The van der Waals surface area contributed by atoms with Crippen molar-refractivity contribution >= 4 is 12.0 Å². The molecule has 0 aliphatic carbocycles. The molecule has 3 nitrogen and oxygen atoms in total. The summed E-state index contributed by atoms with van der Waals surface area (Å²) in [6, 6.07) is 7.21. The van der Waals surface area contributed by atoms with Crippen LogP contribution in [0.25, 0.3) is 6.08 Å². The summed E-state index contributed by atoms with van der Waals surface area (Å²) < 4.78 is 5.39. The second kappa shape index (κ2) is 6.31. The molecule has 0 saturated carbocycles. The molecule has 0 saturated heterocycles. The first-order chi connectivity index (χ1) is 7.74. The SMILES string of the molecule is CC#CCOc1ccccc1C=CC(=O)O. The van der Waals surface area contributed by atoms with Crippen LogP contribution in [-0.4, -0.2) is 17.7 Å². The highest BCUT2D eigenvalue weighted by Gasteiger charge is 1.98. The molecule has 82 valence electrons. The minimum absolute atomic E-state index is 0.300. The van der Waals surface area contributed by atoms with E-state index in [1.807, 2.05) is 12.1 Å². The lowest BCUT2D eigenvalue weighted by Crippen LogP contribution is -1.95. The van der Waals surface area contributed by atoms with Gasteiger partial charge in [0.2, 0.25) is 0 Å². The molecule has 0 bridgehead atoms. The van der Waals surface area contributed by atoms with Gasteiger partial charge in [-0.2, -0.15) is 0 Å². The Morgan fingerprint density at radius 3 is 2.94 bits per heavy atom. The van der Waals surface area contributed by atoms with Gasteiger partial charge in [-0.15, -0.1) is 5.92 Å². The number of benzene rings is 1. The van der Waals surface area contributed by atoms with Crippen molar-refractivity contribution in [2.24, 2.45) is 0 Å². The number of rotatable bonds is 4. The number of hydrogen-bond donors (Lipinski definition) is 1. The topological polar surface area (TPSA) is 46.5 Å². The van der Waals surface area contributed by atoms with Crippen LogP contribution in [0.15, 0.2) is 30.3 Å². The van der Waals surface area contributed by atoms with Crippen molar-refractivity contribution in [3.63, 3.8) is 0 Å². The number of carboxylic acid groups (broad SMARTS) is 1. The maximum atomic E-state index is 10.4. The Kier molecular flexibility index (Phi) is 4.68. The second-order valence-corrected chi connectivity index (χ2v) is 2.92. The van der Waals surface area contributed by atoms with Crippen LogP contribution < -0.4 is 4.74 Å². The van der Waals surface area contributed by atoms with Crippen molar-refractivity contribution in [1.82, 2.24) is 0 Å². The zero-order chi connectivity index (χ0) is 11.8. The summed E-state index contributed by atoms with van der Waals surface area (Å²) in [5.74, 6) is 5.14. The van der Waals surface area contributed by atoms with Crippen molar-refractivity contribution < 1.29 is 14.6 Å². The van der Waals surface area contributed by atoms with Gasteiger partial charge >= 0.3 is 5.97 Å². The van der Waals surface area contributed by atoms with Gasteiger partial charge < -0.3 is 9.84 Å². The molecule has 0 aliphatic rings. The van der Waals surface area contributed by atoms with E-state index in [9.17, 15) is 4.79 Å². The van der Waals surface area contributed by atoms with Crippen LogP contribution in [0, 0.1) is 11.8 Å². The van der Waals surface area contributed by atoms with Crippen molar-refractivity contribution in [2.75, 3.05) is 6.61 Å². The fourth-order valence-corrected chi connectivity index (χ4v) is 1.10. The summed E-state index contributed by atoms with van der Waals surface area (Å²) in [6.45, 7) is 2.04. The van der Waals surface area contributed by atoms with Crippen molar-refractivity contribution in [1.29, 1.82) is 0 Å². The third-order valence-corrected chi connectivity index (χ3v) is 1.80. The minimum Gasteiger partial charge on any atom is -0.480 e. The lowest BCUT2D eigenvalue weighted by molar-refractivity contribution is -0.131. The molecule has 0 spiro atoms.